The molecule has 0 aliphatic rings. The van der Waals surface area contributed by atoms with Crippen LogP contribution in [0.5, 0.6) is 0 Å². The number of hydrogen-bond donors (Lipinski definition) is 2. The van der Waals surface area contributed by atoms with E-state index < -0.39 is 11.9 Å². The molecule has 120 valence electrons. The highest BCUT2D eigenvalue weighted by Gasteiger charge is 2.11. The van der Waals surface area contributed by atoms with E-state index in [9.17, 15) is 9.59 Å². The monoisotopic (exact) mass is 332 g/mol. The Morgan fingerprint density at radius 2 is 2.09 bits per heavy atom. The molecule has 1 amide bonds. The summed E-state index contributed by atoms with van der Waals surface area (Å²) in [6.07, 6.45) is 2.16. The number of hydrogen-bond acceptors (Lipinski definition) is 5. The summed E-state index contributed by atoms with van der Waals surface area (Å²) >= 11 is 5.06. The zero-order chi connectivity index (χ0) is 16.7. The van der Waals surface area contributed by atoms with Crippen LogP contribution in [0.1, 0.15) is 34.3 Å². The van der Waals surface area contributed by atoms with Gasteiger partial charge in [-0.25, -0.2) is 4.79 Å². The fourth-order valence-corrected chi connectivity index (χ4v) is 1.95. The van der Waals surface area contributed by atoms with Crippen molar-refractivity contribution < 1.29 is 18.7 Å². The molecule has 0 aliphatic carbocycles. The quantitative estimate of drug-likeness (QED) is 0.647. The number of furan rings is 1. The molecule has 1 heterocycles. The molecule has 0 aliphatic heterocycles. The number of esters is 1. The minimum Gasteiger partial charge on any atom is -0.462 e. The van der Waals surface area contributed by atoms with Crippen molar-refractivity contribution in [2.45, 2.75) is 13.3 Å². The van der Waals surface area contributed by atoms with Crippen LogP contribution in [0.3, 0.4) is 0 Å². The number of rotatable bonds is 5. The maximum absolute atomic E-state index is 11.8. The number of carbonyl (C=O) groups is 2. The second-order valence-corrected chi connectivity index (χ2v) is 5.01. The van der Waals surface area contributed by atoms with E-state index in [0.717, 1.165) is 6.42 Å². The van der Waals surface area contributed by atoms with E-state index in [1.807, 2.05) is 6.92 Å². The van der Waals surface area contributed by atoms with E-state index in [2.05, 4.69) is 10.6 Å². The highest BCUT2D eigenvalue weighted by atomic mass is 32.1. The molecule has 2 rings (SSSR count). The average Bonchev–Trinajstić information content (AvgIpc) is 3.07. The lowest BCUT2D eigenvalue weighted by Crippen LogP contribution is -2.33. The standard InChI is InChI=1S/C16H16N2O4S/c1-2-8-22-15(20)11-5-3-6-12(10-11)17-16(23)18-14(19)13-7-4-9-21-13/h3-7,9-10H,2,8H2,1H3,(H2,17,18,19,23). The molecule has 0 bridgehead atoms. The molecule has 1 aromatic heterocycles. The summed E-state index contributed by atoms with van der Waals surface area (Å²) in [6.45, 7) is 2.29. The largest absolute Gasteiger partial charge is 0.462 e. The zero-order valence-electron chi connectivity index (χ0n) is 12.5. The van der Waals surface area contributed by atoms with E-state index in [1.165, 1.54) is 12.3 Å². The van der Waals surface area contributed by atoms with Crippen molar-refractivity contribution in [3.05, 3.63) is 54.0 Å². The molecular weight excluding hydrogens is 316 g/mol. The van der Waals surface area contributed by atoms with Crippen molar-refractivity contribution in [3.8, 4) is 0 Å². The summed E-state index contributed by atoms with van der Waals surface area (Å²) in [5, 5.41) is 5.42. The van der Waals surface area contributed by atoms with Crippen molar-refractivity contribution in [3.63, 3.8) is 0 Å². The minimum absolute atomic E-state index is 0.102. The van der Waals surface area contributed by atoms with Crippen LogP contribution in [0.4, 0.5) is 5.69 Å². The van der Waals surface area contributed by atoms with Gasteiger partial charge in [-0.3, -0.25) is 10.1 Å². The van der Waals surface area contributed by atoms with E-state index >= 15 is 0 Å². The fourth-order valence-electron chi connectivity index (χ4n) is 1.74. The summed E-state index contributed by atoms with van der Waals surface area (Å²) < 4.78 is 10.0. The summed E-state index contributed by atoms with van der Waals surface area (Å²) in [6, 6.07) is 9.81. The molecule has 0 atom stereocenters. The van der Waals surface area contributed by atoms with Gasteiger partial charge in [0.2, 0.25) is 0 Å². The molecule has 1 aromatic carbocycles. The van der Waals surface area contributed by atoms with Gasteiger partial charge < -0.3 is 14.5 Å². The summed E-state index contributed by atoms with van der Waals surface area (Å²) in [5.74, 6) is -0.696. The Balaban J connectivity index is 1.95. The van der Waals surface area contributed by atoms with Gasteiger partial charge >= 0.3 is 5.97 Å². The van der Waals surface area contributed by atoms with E-state index in [-0.39, 0.29) is 10.9 Å². The van der Waals surface area contributed by atoms with Gasteiger partial charge in [0, 0.05) is 5.69 Å². The number of anilines is 1. The second-order valence-electron chi connectivity index (χ2n) is 4.60. The van der Waals surface area contributed by atoms with Gasteiger partial charge in [0.05, 0.1) is 18.4 Å². The van der Waals surface area contributed by atoms with Gasteiger partial charge in [0.1, 0.15) is 0 Å². The summed E-state index contributed by atoms with van der Waals surface area (Å²) in [4.78, 5) is 23.6. The third-order valence-electron chi connectivity index (χ3n) is 2.77. The number of amides is 1. The molecule has 0 saturated carbocycles. The Labute approximate surface area is 138 Å². The number of ether oxygens (including phenoxy) is 1. The predicted molar refractivity (Wildman–Crippen MR) is 89.4 cm³/mol. The van der Waals surface area contributed by atoms with Gasteiger partial charge in [-0.15, -0.1) is 0 Å². The van der Waals surface area contributed by atoms with Crippen molar-refractivity contribution in [2.75, 3.05) is 11.9 Å². The van der Waals surface area contributed by atoms with Gasteiger partial charge in [0.15, 0.2) is 10.9 Å². The Kier molecular flexibility index (Phi) is 5.87. The van der Waals surface area contributed by atoms with Crippen molar-refractivity contribution in [1.29, 1.82) is 0 Å². The third-order valence-corrected chi connectivity index (χ3v) is 2.97. The lowest BCUT2D eigenvalue weighted by atomic mass is 10.2. The third kappa shape index (κ3) is 4.93. The van der Waals surface area contributed by atoms with Crippen LogP contribution in [0, 0.1) is 0 Å². The van der Waals surface area contributed by atoms with Crippen LogP contribution >= 0.6 is 12.2 Å². The van der Waals surface area contributed by atoms with Crippen LogP contribution in [0.25, 0.3) is 0 Å². The Morgan fingerprint density at radius 3 is 2.78 bits per heavy atom. The molecule has 2 N–H and O–H groups in total. The Morgan fingerprint density at radius 1 is 1.26 bits per heavy atom. The molecule has 23 heavy (non-hydrogen) atoms. The topological polar surface area (TPSA) is 80.6 Å². The maximum atomic E-state index is 11.8. The maximum Gasteiger partial charge on any atom is 0.338 e. The smallest absolute Gasteiger partial charge is 0.338 e. The molecule has 7 heteroatoms. The highest BCUT2D eigenvalue weighted by Crippen LogP contribution is 2.12. The first kappa shape index (κ1) is 16.7. The van der Waals surface area contributed by atoms with Crippen LogP contribution in [-0.2, 0) is 4.74 Å². The van der Waals surface area contributed by atoms with E-state index in [1.54, 1.807) is 30.3 Å². The Hall–Kier alpha value is -2.67. The van der Waals surface area contributed by atoms with Gasteiger partial charge in [-0.05, 0) is 49.0 Å². The van der Waals surface area contributed by atoms with Crippen molar-refractivity contribution >= 4 is 34.9 Å². The van der Waals surface area contributed by atoms with Crippen LogP contribution < -0.4 is 10.6 Å². The molecular formula is C16H16N2O4S. The zero-order valence-corrected chi connectivity index (χ0v) is 13.3. The summed E-state index contributed by atoms with van der Waals surface area (Å²) in [7, 11) is 0. The molecule has 0 saturated heterocycles. The lowest BCUT2D eigenvalue weighted by molar-refractivity contribution is 0.0505. The van der Waals surface area contributed by atoms with Crippen LogP contribution in [-0.4, -0.2) is 23.6 Å². The fraction of sp³-hybridized carbons (Fsp3) is 0.188. The highest BCUT2D eigenvalue weighted by molar-refractivity contribution is 7.80. The van der Waals surface area contributed by atoms with Gasteiger partial charge in [-0.2, -0.15) is 0 Å². The molecule has 2 aromatic rings. The van der Waals surface area contributed by atoms with E-state index in [4.69, 9.17) is 21.4 Å². The minimum atomic E-state index is -0.453. The van der Waals surface area contributed by atoms with Gasteiger partial charge in [-0.1, -0.05) is 13.0 Å². The summed E-state index contributed by atoms with van der Waals surface area (Å²) in [5.41, 5.74) is 0.976. The normalized spacial score (nSPS) is 9.96. The van der Waals surface area contributed by atoms with E-state index in [0.29, 0.717) is 17.9 Å². The number of benzene rings is 1. The number of carbonyl (C=O) groups excluding carboxylic acids is 2. The van der Waals surface area contributed by atoms with Gasteiger partial charge in [0.25, 0.3) is 5.91 Å². The molecule has 0 unspecified atom stereocenters. The first-order valence-electron chi connectivity index (χ1n) is 7.03. The second kappa shape index (κ2) is 8.09. The van der Waals surface area contributed by atoms with Crippen molar-refractivity contribution in [2.24, 2.45) is 0 Å². The first-order chi connectivity index (χ1) is 11.1. The molecule has 0 radical (unpaired) electrons. The van der Waals surface area contributed by atoms with Crippen LogP contribution in [0.2, 0.25) is 0 Å². The predicted octanol–water partition coefficient (Wildman–Crippen LogP) is 2.97. The molecule has 0 fully saturated rings. The Bertz CT molecular complexity index is 698. The number of thiocarbonyl (C=S) groups is 1. The molecule has 6 nitrogen and oxygen atoms in total. The molecule has 0 spiro atoms. The number of nitrogens with one attached hydrogen (secondary N) is 2. The first-order valence-corrected chi connectivity index (χ1v) is 7.44. The van der Waals surface area contributed by atoms with Crippen molar-refractivity contribution in [1.82, 2.24) is 5.32 Å². The average molecular weight is 332 g/mol. The van der Waals surface area contributed by atoms with Crippen LogP contribution in [0.15, 0.2) is 47.1 Å². The SMILES string of the molecule is CCCOC(=O)c1cccc(NC(=S)NC(=O)c2ccco2)c1. The lowest BCUT2D eigenvalue weighted by Gasteiger charge is -2.10.